The van der Waals surface area contributed by atoms with Crippen LogP contribution < -0.4 is 9.64 Å². The maximum absolute atomic E-state index is 12.7. The molecule has 0 saturated heterocycles. The molecule has 0 saturated carbocycles. The van der Waals surface area contributed by atoms with E-state index in [-0.39, 0.29) is 12.4 Å². The van der Waals surface area contributed by atoms with Crippen molar-refractivity contribution in [1.82, 2.24) is 20.2 Å². The lowest BCUT2D eigenvalue weighted by Crippen LogP contribution is -2.21. The van der Waals surface area contributed by atoms with E-state index in [0.717, 1.165) is 5.56 Å². The quantitative estimate of drug-likeness (QED) is 0.335. The Morgan fingerprint density at radius 2 is 2.03 bits per heavy atom. The van der Waals surface area contributed by atoms with Gasteiger partial charge in [-0.15, -0.1) is 10.2 Å². The number of alkyl halides is 2. The minimum Gasteiger partial charge on any atom is -0.495 e. The van der Waals surface area contributed by atoms with Crippen molar-refractivity contribution < 1.29 is 22.7 Å². The van der Waals surface area contributed by atoms with Crippen LogP contribution in [0.25, 0.3) is 22.6 Å². The second-order valence-electron chi connectivity index (χ2n) is 6.76. The zero-order chi connectivity index (χ0) is 23.4. The number of methoxy groups -OCH3 is 1. The fraction of sp³-hybridized carbons (Fsp3) is 0.136. The van der Waals surface area contributed by atoms with E-state index < -0.39 is 12.3 Å². The summed E-state index contributed by atoms with van der Waals surface area (Å²) in [7, 11) is 1.48. The monoisotopic (exact) mass is 471 g/mol. The number of benzene rings is 1. The number of anilines is 1. The van der Waals surface area contributed by atoms with E-state index in [2.05, 4.69) is 20.2 Å². The van der Waals surface area contributed by atoms with Crippen molar-refractivity contribution in [3.8, 4) is 28.3 Å². The molecule has 0 N–H and O–H groups in total. The van der Waals surface area contributed by atoms with Gasteiger partial charge in [-0.05, 0) is 24.3 Å². The SMILES string of the molecule is COc1cc(Cl)c(-c2cccnc2)cc1N(C=O)Cc1ccc(-c2nnc(C(F)F)o2)cn1. The number of hydrogen-bond acceptors (Lipinski definition) is 7. The molecule has 168 valence electrons. The molecule has 33 heavy (non-hydrogen) atoms. The predicted octanol–water partition coefficient (Wildman–Crippen LogP) is 4.96. The maximum Gasteiger partial charge on any atom is 0.314 e. The third kappa shape index (κ3) is 4.80. The molecule has 1 amide bonds. The molecule has 0 aliphatic heterocycles. The number of amides is 1. The van der Waals surface area contributed by atoms with Crippen LogP contribution in [0, 0.1) is 0 Å². The summed E-state index contributed by atoms with van der Waals surface area (Å²) < 4.78 is 35.7. The number of hydrogen-bond donors (Lipinski definition) is 0. The summed E-state index contributed by atoms with van der Waals surface area (Å²) in [6.07, 6.45) is 2.52. The molecule has 0 aliphatic carbocycles. The highest BCUT2D eigenvalue weighted by atomic mass is 35.5. The van der Waals surface area contributed by atoms with E-state index in [4.69, 9.17) is 20.8 Å². The summed E-state index contributed by atoms with van der Waals surface area (Å²) in [6.45, 7) is 0.111. The lowest BCUT2D eigenvalue weighted by Gasteiger charge is -2.21. The lowest BCUT2D eigenvalue weighted by atomic mass is 10.1. The Balaban J connectivity index is 1.61. The molecule has 0 radical (unpaired) electrons. The number of ether oxygens (including phenoxy) is 1. The van der Waals surface area contributed by atoms with E-state index in [0.29, 0.717) is 39.7 Å². The second-order valence-corrected chi connectivity index (χ2v) is 7.17. The summed E-state index contributed by atoms with van der Waals surface area (Å²) in [6, 6.07) is 10.2. The average Bonchev–Trinajstić information content (AvgIpc) is 3.34. The Kier molecular flexibility index (Phi) is 6.55. The first-order valence-corrected chi connectivity index (χ1v) is 9.94. The highest BCUT2D eigenvalue weighted by Crippen LogP contribution is 2.39. The zero-order valence-corrected chi connectivity index (χ0v) is 17.9. The molecular weight excluding hydrogens is 456 g/mol. The van der Waals surface area contributed by atoms with Gasteiger partial charge in [-0.2, -0.15) is 8.78 Å². The van der Waals surface area contributed by atoms with Crippen molar-refractivity contribution in [2.75, 3.05) is 12.0 Å². The van der Waals surface area contributed by atoms with Gasteiger partial charge in [0.1, 0.15) is 5.75 Å². The smallest absolute Gasteiger partial charge is 0.314 e. The summed E-state index contributed by atoms with van der Waals surface area (Å²) in [5.74, 6) is -0.431. The topological polar surface area (TPSA) is 94.2 Å². The van der Waals surface area contributed by atoms with Crippen LogP contribution in [0.15, 0.2) is 59.4 Å². The van der Waals surface area contributed by atoms with Gasteiger partial charge in [0.2, 0.25) is 12.3 Å². The van der Waals surface area contributed by atoms with Gasteiger partial charge in [0.05, 0.1) is 35.6 Å². The largest absolute Gasteiger partial charge is 0.495 e. The van der Waals surface area contributed by atoms with Gasteiger partial charge in [0.15, 0.2) is 0 Å². The van der Waals surface area contributed by atoms with Crippen molar-refractivity contribution in [3.63, 3.8) is 0 Å². The van der Waals surface area contributed by atoms with E-state index in [9.17, 15) is 13.6 Å². The van der Waals surface area contributed by atoms with Gasteiger partial charge in [0, 0.05) is 35.8 Å². The second kappa shape index (κ2) is 9.70. The molecule has 0 spiro atoms. The molecule has 0 aliphatic rings. The molecule has 1 aromatic carbocycles. The number of aromatic nitrogens is 4. The third-order valence-electron chi connectivity index (χ3n) is 4.71. The number of carbonyl (C=O) groups excluding carboxylic acids is 1. The van der Waals surface area contributed by atoms with Crippen molar-refractivity contribution in [3.05, 3.63) is 71.6 Å². The zero-order valence-electron chi connectivity index (χ0n) is 17.2. The molecule has 3 heterocycles. The first kappa shape index (κ1) is 22.3. The van der Waals surface area contributed by atoms with Crippen LogP contribution in [0.5, 0.6) is 5.75 Å². The molecular formula is C22H16ClF2N5O3. The van der Waals surface area contributed by atoms with Gasteiger partial charge >= 0.3 is 6.43 Å². The maximum atomic E-state index is 12.7. The highest BCUT2D eigenvalue weighted by molar-refractivity contribution is 6.33. The fourth-order valence-corrected chi connectivity index (χ4v) is 3.38. The van der Waals surface area contributed by atoms with Crippen molar-refractivity contribution in [2.45, 2.75) is 13.0 Å². The normalized spacial score (nSPS) is 10.9. The van der Waals surface area contributed by atoms with Crippen LogP contribution in [0.1, 0.15) is 18.0 Å². The van der Waals surface area contributed by atoms with Crippen LogP contribution in [0.4, 0.5) is 14.5 Å². The first-order chi connectivity index (χ1) is 16.0. The number of rotatable bonds is 8. The van der Waals surface area contributed by atoms with Gasteiger partial charge in [-0.3, -0.25) is 14.8 Å². The van der Waals surface area contributed by atoms with Crippen molar-refractivity contribution >= 4 is 23.7 Å². The van der Waals surface area contributed by atoms with E-state index in [1.54, 1.807) is 42.7 Å². The van der Waals surface area contributed by atoms with Crippen LogP contribution in [-0.4, -0.2) is 33.7 Å². The van der Waals surface area contributed by atoms with Gasteiger partial charge < -0.3 is 14.1 Å². The Labute approximate surface area is 191 Å². The van der Waals surface area contributed by atoms with Crippen molar-refractivity contribution in [2.24, 2.45) is 0 Å². The van der Waals surface area contributed by atoms with Gasteiger partial charge in [-0.25, -0.2) is 0 Å². The molecule has 0 fully saturated rings. The summed E-state index contributed by atoms with van der Waals surface area (Å²) in [4.78, 5) is 21.8. The minimum absolute atomic E-state index is 0.0722. The van der Waals surface area contributed by atoms with E-state index in [1.165, 1.54) is 18.2 Å². The minimum atomic E-state index is -2.86. The number of carbonyl (C=O) groups is 1. The highest BCUT2D eigenvalue weighted by Gasteiger charge is 2.19. The van der Waals surface area contributed by atoms with Crippen LogP contribution in [0.3, 0.4) is 0 Å². The Morgan fingerprint density at radius 1 is 1.18 bits per heavy atom. The number of halogens is 3. The van der Waals surface area contributed by atoms with Crippen LogP contribution in [0.2, 0.25) is 5.02 Å². The Morgan fingerprint density at radius 3 is 2.64 bits per heavy atom. The van der Waals surface area contributed by atoms with Crippen molar-refractivity contribution in [1.29, 1.82) is 0 Å². The lowest BCUT2D eigenvalue weighted by molar-refractivity contribution is -0.107. The van der Waals surface area contributed by atoms with E-state index >= 15 is 0 Å². The van der Waals surface area contributed by atoms with Crippen LogP contribution in [-0.2, 0) is 11.3 Å². The molecule has 4 rings (SSSR count). The molecule has 11 heteroatoms. The number of nitrogens with zero attached hydrogens (tertiary/aromatic N) is 5. The van der Waals surface area contributed by atoms with E-state index in [1.807, 2.05) is 6.07 Å². The molecule has 3 aromatic heterocycles. The third-order valence-corrected chi connectivity index (χ3v) is 5.02. The number of pyridine rings is 2. The molecule has 0 unspecified atom stereocenters. The summed E-state index contributed by atoms with van der Waals surface area (Å²) in [5, 5.41) is 7.34. The van der Waals surface area contributed by atoms with Gasteiger partial charge in [0.25, 0.3) is 5.89 Å². The standard InChI is InChI=1S/C22H16ClF2N5O3/c1-32-19-8-17(23)16(13-3-2-6-26-9-13)7-18(19)30(12-31)11-15-5-4-14(10-27-15)21-28-29-22(33-21)20(24)25/h2-10,12,20H,11H2,1H3. The molecule has 0 bridgehead atoms. The molecule has 4 aromatic rings. The predicted molar refractivity (Wildman–Crippen MR) is 116 cm³/mol. The summed E-state index contributed by atoms with van der Waals surface area (Å²) in [5.41, 5.74) is 2.85. The van der Waals surface area contributed by atoms with Gasteiger partial charge in [-0.1, -0.05) is 17.7 Å². The average molecular weight is 472 g/mol. The first-order valence-electron chi connectivity index (χ1n) is 9.57. The molecule has 0 atom stereocenters. The van der Waals surface area contributed by atoms with Crippen LogP contribution >= 0.6 is 11.6 Å². The summed E-state index contributed by atoms with van der Waals surface area (Å²) >= 11 is 6.43. The Bertz CT molecular complexity index is 1250. The Hall–Kier alpha value is -3.92. The molecule has 8 nitrogen and oxygen atoms in total. The fourth-order valence-electron chi connectivity index (χ4n) is 3.11.